The van der Waals surface area contributed by atoms with E-state index in [2.05, 4.69) is 15.3 Å². The highest BCUT2D eigenvalue weighted by Gasteiger charge is 2.17. The van der Waals surface area contributed by atoms with Gasteiger partial charge in [-0.3, -0.25) is 19.4 Å². The molecule has 1 aromatic carbocycles. The van der Waals surface area contributed by atoms with Gasteiger partial charge in [-0.2, -0.15) is 0 Å². The number of nitrogens with zero attached hydrogens (tertiary/aromatic N) is 1. The fourth-order valence-corrected chi connectivity index (χ4v) is 3.05. The third-order valence-electron chi connectivity index (χ3n) is 4.58. The van der Waals surface area contributed by atoms with Gasteiger partial charge in [-0.15, -0.1) is 0 Å². The zero-order valence-electron chi connectivity index (χ0n) is 14.9. The van der Waals surface area contributed by atoms with Crippen molar-refractivity contribution in [1.82, 2.24) is 20.2 Å². The van der Waals surface area contributed by atoms with Gasteiger partial charge in [0.15, 0.2) is 0 Å². The number of amides is 2. The Kier molecular flexibility index (Phi) is 5.85. The first-order valence-corrected chi connectivity index (χ1v) is 8.99. The Morgan fingerprint density at radius 3 is 2.41 bits per heavy atom. The van der Waals surface area contributed by atoms with E-state index in [4.69, 9.17) is 0 Å². The highest BCUT2D eigenvalue weighted by Crippen LogP contribution is 2.13. The first-order valence-electron chi connectivity index (χ1n) is 8.99. The second-order valence-corrected chi connectivity index (χ2v) is 6.60. The summed E-state index contributed by atoms with van der Waals surface area (Å²) >= 11 is 0. The van der Waals surface area contributed by atoms with Crippen molar-refractivity contribution >= 4 is 11.8 Å². The summed E-state index contributed by atoms with van der Waals surface area (Å²) < 4.78 is 0. The Hall–Kier alpha value is -3.16. The minimum atomic E-state index is -0.608. The van der Waals surface area contributed by atoms with Gasteiger partial charge in [-0.1, -0.05) is 12.1 Å². The molecule has 2 amide bonds. The number of nitrogens with one attached hydrogen (secondary N) is 3. The molecule has 0 bridgehead atoms. The Bertz CT molecular complexity index is 924. The monoisotopic (exact) mass is 370 g/mol. The number of carbonyl (C=O) groups is 2. The quantitative estimate of drug-likeness (QED) is 0.713. The molecule has 1 aliphatic heterocycles. The summed E-state index contributed by atoms with van der Waals surface area (Å²) in [4.78, 5) is 53.3. The Labute approximate surface area is 155 Å². The SMILES string of the molecule is O=C(Cc1c[nH]c(=O)[nH]c1=O)NCc1ccc(C(=O)N2CCCCC2)cc1. The number of piperidine rings is 1. The lowest BCUT2D eigenvalue weighted by Crippen LogP contribution is -2.35. The van der Waals surface area contributed by atoms with Crippen LogP contribution in [0, 0.1) is 0 Å². The minimum Gasteiger partial charge on any atom is -0.352 e. The molecule has 1 aromatic heterocycles. The normalized spacial score (nSPS) is 14.0. The Morgan fingerprint density at radius 1 is 1.04 bits per heavy atom. The molecule has 2 aromatic rings. The molecule has 142 valence electrons. The van der Waals surface area contributed by atoms with Gasteiger partial charge in [0.05, 0.1) is 6.42 Å². The van der Waals surface area contributed by atoms with Crippen molar-refractivity contribution in [1.29, 1.82) is 0 Å². The van der Waals surface area contributed by atoms with Gasteiger partial charge in [0, 0.05) is 37.0 Å². The third kappa shape index (κ3) is 4.93. The van der Waals surface area contributed by atoms with Crippen LogP contribution in [0.2, 0.25) is 0 Å². The second-order valence-electron chi connectivity index (χ2n) is 6.60. The standard InChI is InChI=1S/C19H22N4O4/c24-16(10-15-12-21-19(27)22-17(15)25)20-11-13-4-6-14(7-5-13)18(26)23-8-2-1-3-9-23/h4-7,12H,1-3,8-11H2,(H,20,24)(H2,21,22,25,27). The topological polar surface area (TPSA) is 115 Å². The Morgan fingerprint density at radius 2 is 1.74 bits per heavy atom. The molecule has 0 saturated carbocycles. The van der Waals surface area contributed by atoms with Gasteiger partial charge in [0.1, 0.15) is 0 Å². The Balaban J connectivity index is 1.53. The average Bonchev–Trinajstić information content (AvgIpc) is 2.69. The predicted molar refractivity (Wildman–Crippen MR) is 99.4 cm³/mol. The van der Waals surface area contributed by atoms with Gasteiger partial charge >= 0.3 is 5.69 Å². The number of likely N-dealkylation sites (tertiary alicyclic amines) is 1. The molecule has 8 heteroatoms. The zero-order chi connectivity index (χ0) is 19.2. The maximum absolute atomic E-state index is 12.4. The van der Waals surface area contributed by atoms with Crippen molar-refractivity contribution in [2.75, 3.05) is 13.1 Å². The summed E-state index contributed by atoms with van der Waals surface area (Å²) in [5.41, 5.74) is 0.507. The minimum absolute atomic E-state index is 0.0441. The number of aromatic amines is 2. The molecule has 0 aliphatic carbocycles. The maximum atomic E-state index is 12.4. The van der Waals surface area contributed by atoms with Gasteiger partial charge < -0.3 is 15.2 Å². The van der Waals surface area contributed by atoms with Crippen molar-refractivity contribution in [3.8, 4) is 0 Å². The predicted octanol–water partition coefficient (Wildman–Crippen LogP) is 0.548. The molecule has 0 atom stereocenters. The number of H-pyrrole nitrogens is 2. The van der Waals surface area contributed by atoms with Crippen LogP contribution in [0.15, 0.2) is 40.1 Å². The van der Waals surface area contributed by atoms with E-state index >= 15 is 0 Å². The van der Waals surface area contributed by atoms with Gasteiger partial charge in [-0.25, -0.2) is 4.79 Å². The van der Waals surface area contributed by atoms with E-state index in [-0.39, 0.29) is 30.3 Å². The number of carbonyl (C=O) groups excluding carboxylic acids is 2. The molecule has 2 heterocycles. The fraction of sp³-hybridized carbons (Fsp3) is 0.368. The first-order chi connectivity index (χ1) is 13.0. The first kappa shape index (κ1) is 18.6. The second kappa shape index (κ2) is 8.48. The summed E-state index contributed by atoms with van der Waals surface area (Å²) in [7, 11) is 0. The van der Waals surface area contributed by atoms with Crippen LogP contribution in [0.1, 0.15) is 40.7 Å². The highest BCUT2D eigenvalue weighted by atomic mass is 16.2. The summed E-state index contributed by atoms with van der Waals surface area (Å²) in [6.07, 6.45) is 4.38. The fourth-order valence-electron chi connectivity index (χ4n) is 3.05. The van der Waals surface area contributed by atoms with Crippen molar-refractivity contribution in [2.24, 2.45) is 0 Å². The average molecular weight is 370 g/mol. The number of hydrogen-bond donors (Lipinski definition) is 3. The summed E-state index contributed by atoms with van der Waals surface area (Å²) in [6.45, 7) is 1.90. The van der Waals surface area contributed by atoms with Crippen molar-refractivity contribution in [2.45, 2.75) is 32.2 Å². The molecule has 0 unspecified atom stereocenters. The van der Waals surface area contributed by atoms with Crippen molar-refractivity contribution in [3.63, 3.8) is 0 Å². The molecule has 3 N–H and O–H groups in total. The zero-order valence-corrected chi connectivity index (χ0v) is 14.9. The van der Waals surface area contributed by atoms with E-state index in [0.29, 0.717) is 5.56 Å². The van der Waals surface area contributed by atoms with Crippen LogP contribution in [0.25, 0.3) is 0 Å². The molecule has 1 aliphatic rings. The van der Waals surface area contributed by atoms with Crippen LogP contribution >= 0.6 is 0 Å². The molecule has 8 nitrogen and oxygen atoms in total. The van der Waals surface area contributed by atoms with Crippen LogP contribution < -0.4 is 16.6 Å². The largest absolute Gasteiger partial charge is 0.352 e. The van der Waals surface area contributed by atoms with Crippen LogP contribution in [-0.4, -0.2) is 39.8 Å². The van der Waals surface area contributed by atoms with E-state index in [1.54, 1.807) is 12.1 Å². The smallest absolute Gasteiger partial charge is 0.325 e. The molecule has 1 saturated heterocycles. The highest BCUT2D eigenvalue weighted by molar-refractivity contribution is 5.94. The lowest BCUT2D eigenvalue weighted by Gasteiger charge is -2.26. The molecule has 1 fully saturated rings. The lowest BCUT2D eigenvalue weighted by molar-refractivity contribution is -0.120. The molecule has 0 spiro atoms. The van der Waals surface area contributed by atoms with Gasteiger partial charge in [-0.05, 0) is 37.0 Å². The maximum Gasteiger partial charge on any atom is 0.325 e. The molecular weight excluding hydrogens is 348 g/mol. The van der Waals surface area contributed by atoms with Crippen molar-refractivity contribution < 1.29 is 9.59 Å². The molecular formula is C19H22N4O4. The summed E-state index contributed by atoms with van der Waals surface area (Å²) in [5, 5.41) is 2.72. The number of aromatic nitrogens is 2. The molecule has 0 radical (unpaired) electrons. The van der Waals surface area contributed by atoms with Crippen LogP contribution in [0.4, 0.5) is 0 Å². The number of hydrogen-bond acceptors (Lipinski definition) is 4. The molecule has 3 rings (SSSR count). The van der Waals surface area contributed by atoms with Crippen LogP contribution in [0.3, 0.4) is 0 Å². The van der Waals surface area contributed by atoms with E-state index in [1.807, 2.05) is 17.0 Å². The number of rotatable bonds is 5. The molecule has 27 heavy (non-hydrogen) atoms. The summed E-state index contributed by atoms with van der Waals surface area (Å²) in [5.74, 6) is -0.288. The van der Waals surface area contributed by atoms with E-state index < -0.39 is 11.2 Å². The van der Waals surface area contributed by atoms with Crippen LogP contribution in [0.5, 0.6) is 0 Å². The summed E-state index contributed by atoms with van der Waals surface area (Å²) in [6, 6.07) is 7.16. The van der Waals surface area contributed by atoms with Gasteiger partial charge in [0.25, 0.3) is 11.5 Å². The van der Waals surface area contributed by atoms with E-state index in [1.165, 1.54) is 12.6 Å². The lowest BCUT2D eigenvalue weighted by atomic mass is 10.1. The van der Waals surface area contributed by atoms with Gasteiger partial charge in [0.2, 0.25) is 5.91 Å². The van der Waals surface area contributed by atoms with E-state index in [0.717, 1.165) is 31.5 Å². The van der Waals surface area contributed by atoms with Crippen LogP contribution in [-0.2, 0) is 17.8 Å². The third-order valence-corrected chi connectivity index (χ3v) is 4.58. The van der Waals surface area contributed by atoms with E-state index in [9.17, 15) is 19.2 Å². The van der Waals surface area contributed by atoms with Crippen molar-refractivity contribution in [3.05, 3.63) is 68.0 Å². The number of benzene rings is 1.